The topological polar surface area (TPSA) is 107 Å². The van der Waals surface area contributed by atoms with Crippen molar-refractivity contribution in [3.8, 4) is 28.4 Å². The molecule has 0 fully saturated rings. The third kappa shape index (κ3) is 5.98. The summed E-state index contributed by atoms with van der Waals surface area (Å²) in [5.74, 6) is 0.146. The van der Waals surface area contributed by atoms with Gasteiger partial charge in [-0.3, -0.25) is 4.79 Å². The van der Waals surface area contributed by atoms with Crippen molar-refractivity contribution in [3.63, 3.8) is 0 Å². The molecule has 0 aliphatic heterocycles. The Balaban J connectivity index is 2.88. The summed E-state index contributed by atoms with van der Waals surface area (Å²) >= 11 is 0. The maximum atomic E-state index is 12.6. The molecule has 2 rings (SSSR count). The number of carbonyl (C=O) groups is 3. The van der Waals surface area contributed by atoms with Crippen molar-refractivity contribution >= 4 is 18.1 Å². The van der Waals surface area contributed by atoms with Crippen LogP contribution in [0.2, 0.25) is 0 Å². The highest BCUT2D eigenvalue weighted by atomic mass is 16.7. The van der Waals surface area contributed by atoms with Crippen LogP contribution >= 0.6 is 0 Å². The fraction of sp³-hybridized carbons (Fsp3) is 0.348. The van der Waals surface area contributed by atoms with Gasteiger partial charge in [0.25, 0.3) is 0 Å². The predicted molar refractivity (Wildman–Crippen MR) is 115 cm³/mol. The van der Waals surface area contributed by atoms with Gasteiger partial charge in [0.2, 0.25) is 0 Å². The normalized spacial score (nSPS) is 10.3. The molecule has 0 aliphatic carbocycles. The summed E-state index contributed by atoms with van der Waals surface area (Å²) in [4.78, 5) is 36.4. The van der Waals surface area contributed by atoms with Crippen molar-refractivity contribution in [2.45, 2.75) is 20.3 Å². The standard InChI is InChI=1S/C23H26O9/c1-6-30-16-9-7-8-15(12-16)21-17(10-11-27-3)20(14(2)24)18(31-22(25)28-4)13-19(21)32-23(26)29-5/h7-9,12-13H,6,10-11H2,1-5H3. The molecule has 0 aromatic heterocycles. The zero-order valence-corrected chi connectivity index (χ0v) is 18.7. The molecule has 0 bridgehead atoms. The Morgan fingerprint density at radius 2 is 1.56 bits per heavy atom. The van der Waals surface area contributed by atoms with E-state index in [0.717, 1.165) is 7.11 Å². The fourth-order valence-corrected chi connectivity index (χ4v) is 3.17. The maximum Gasteiger partial charge on any atom is 0.513 e. The summed E-state index contributed by atoms with van der Waals surface area (Å²) in [7, 11) is 3.82. The van der Waals surface area contributed by atoms with Gasteiger partial charge in [-0.15, -0.1) is 0 Å². The quantitative estimate of drug-likeness (QED) is 0.314. The van der Waals surface area contributed by atoms with Gasteiger partial charge in [-0.25, -0.2) is 9.59 Å². The largest absolute Gasteiger partial charge is 0.513 e. The van der Waals surface area contributed by atoms with Gasteiger partial charge in [0.05, 0.1) is 33.0 Å². The van der Waals surface area contributed by atoms with Gasteiger partial charge in [0.1, 0.15) is 17.2 Å². The monoisotopic (exact) mass is 446 g/mol. The third-order valence-electron chi connectivity index (χ3n) is 4.42. The van der Waals surface area contributed by atoms with Crippen LogP contribution in [0.4, 0.5) is 9.59 Å². The second-order valence-corrected chi connectivity index (χ2v) is 6.47. The minimum Gasteiger partial charge on any atom is -0.494 e. The van der Waals surface area contributed by atoms with Gasteiger partial charge in [-0.1, -0.05) is 12.1 Å². The highest BCUT2D eigenvalue weighted by Crippen LogP contribution is 2.42. The van der Waals surface area contributed by atoms with E-state index in [4.69, 9.17) is 18.9 Å². The van der Waals surface area contributed by atoms with Crippen LogP contribution in [0.5, 0.6) is 17.2 Å². The lowest BCUT2D eigenvalue weighted by molar-refractivity contribution is 0.100. The van der Waals surface area contributed by atoms with Crippen LogP contribution in [0.1, 0.15) is 29.8 Å². The van der Waals surface area contributed by atoms with Gasteiger partial charge >= 0.3 is 12.3 Å². The molecule has 0 spiro atoms. The van der Waals surface area contributed by atoms with Crippen LogP contribution in [-0.4, -0.2) is 52.6 Å². The van der Waals surface area contributed by atoms with Crippen LogP contribution in [-0.2, 0) is 20.6 Å². The van der Waals surface area contributed by atoms with Gasteiger partial charge in [0, 0.05) is 18.7 Å². The molecule has 2 aromatic carbocycles. The Bertz CT molecular complexity index is 982. The number of hydrogen-bond donors (Lipinski definition) is 0. The zero-order valence-electron chi connectivity index (χ0n) is 18.7. The fourth-order valence-electron chi connectivity index (χ4n) is 3.17. The van der Waals surface area contributed by atoms with Gasteiger partial charge in [-0.2, -0.15) is 0 Å². The average Bonchev–Trinajstić information content (AvgIpc) is 2.77. The first kappa shape index (κ1) is 24.7. The Labute approximate surface area is 186 Å². The minimum absolute atomic E-state index is 0.0282. The van der Waals surface area contributed by atoms with Crippen molar-refractivity contribution in [1.29, 1.82) is 0 Å². The van der Waals surface area contributed by atoms with E-state index < -0.39 is 12.3 Å². The Kier molecular flexibility index (Phi) is 9.03. The number of Topliss-reactive ketones (excluding diaryl/α,β-unsaturated/α-hetero) is 1. The molecule has 0 N–H and O–H groups in total. The summed E-state index contributed by atoms with van der Waals surface area (Å²) in [5, 5.41) is 0. The number of carbonyl (C=O) groups excluding carboxylic acids is 3. The molecular formula is C23H26O9. The maximum absolute atomic E-state index is 12.6. The molecule has 0 atom stereocenters. The van der Waals surface area contributed by atoms with Gasteiger partial charge in [0.15, 0.2) is 5.78 Å². The summed E-state index contributed by atoms with van der Waals surface area (Å²) in [6.45, 7) is 3.90. The van der Waals surface area contributed by atoms with Gasteiger partial charge in [-0.05, 0) is 43.5 Å². The molecule has 172 valence electrons. The van der Waals surface area contributed by atoms with Crippen molar-refractivity contribution in [2.24, 2.45) is 0 Å². The number of benzene rings is 2. The van der Waals surface area contributed by atoms with Crippen LogP contribution in [0.3, 0.4) is 0 Å². The summed E-state index contributed by atoms with van der Waals surface area (Å²) in [6, 6.07) is 8.37. The molecule has 0 radical (unpaired) electrons. The number of rotatable bonds is 9. The SMILES string of the molecule is CCOc1cccc(-c2c(OC(=O)OC)cc(OC(=O)OC)c(C(C)=O)c2CCOC)c1. The Morgan fingerprint density at radius 1 is 0.906 bits per heavy atom. The zero-order chi connectivity index (χ0) is 23.7. The Hall–Kier alpha value is -3.59. The molecule has 0 saturated carbocycles. The van der Waals surface area contributed by atoms with E-state index in [1.165, 1.54) is 27.2 Å². The minimum atomic E-state index is -1.03. The van der Waals surface area contributed by atoms with Crippen LogP contribution in [0.25, 0.3) is 11.1 Å². The molecule has 2 aromatic rings. The lowest BCUT2D eigenvalue weighted by Crippen LogP contribution is -2.16. The first-order valence-corrected chi connectivity index (χ1v) is 9.80. The second-order valence-electron chi connectivity index (χ2n) is 6.47. The second kappa shape index (κ2) is 11.7. The molecule has 0 aliphatic rings. The smallest absolute Gasteiger partial charge is 0.494 e. The summed E-state index contributed by atoms with van der Waals surface area (Å²) in [5.41, 5.74) is 1.67. The molecule has 0 heterocycles. The first-order valence-electron chi connectivity index (χ1n) is 9.80. The number of ketones is 1. The Morgan fingerprint density at radius 3 is 2.12 bits per heavy atom. The lowest BCUT2D eigenvalue weighted by atomic mass is 9.90. The van der Waals surface area contributed by atoms with Crippen LogP contribution in [0, 0.1) is 0 Å². The van der Waals surface area contributed by atoms with E-state index in [-0.39, 0.29) is 35.9 Å². The molecule has 32 heavy (non-hydrogen) atoms. The highest BCUT2D eigenvalue weighted by molar-refractivity contribution is 6.02. The highest BCUT2D eigenvalue weighted by Gasteiger charge is 2.27. The molecular weight excluding hydrogens is 420 g/mol. The number of ether oxygens (including phenoxy) is 6. The number of methoxy groups -OCH3 is 3. The summed E-state index contributed by atoms with van der Waals surface area (Å²) in [6.07, 6.45) is -1.75. The van der Waals surface area contributed by atoms with Crippen molar-refractivity contribution in [2.75, 3.05) is 34.5 Å². The lowest BCUT2D eigenvalue weighted by Gasteiger charge is -2.20. The van der Waals surface area contributed by atoms with E-state index in [9.17, 15) is 14.4 Å². The van der Waals surface area contributed by atoms with Crippen molar-refractivity contribution in [3.05, 3.63) is 41.5 Å². The average molecular weight is 446 g/mol. The molecule has 9 nitrogen and oxygen atoms in total. The van der Waals surface area contributed by atoms with E-state index in [1.54, 1.807) is 24.3 Å². The van der Waals surface area contributed by atoms with Gasteiger partial charge < -0.3 is 28.4 Å². The van der Waals surface area contributed by atoms with E-state index in [2.05, 4.69) is 9.47 Å². The van der Waals surface area contributed by atoms with E-state index in [0.29, 0.717) is 29.0 Å². The first-order chi connectivity index (χ1) is 15.4. The van der Waals surface area contributed by atoms with Crippen molar-refractivity contribution in [1.82, 2.24) is 0 Å². The third-order valence-corrected chi connectivity index (χ3v) is 4.42. The van der Waals surface area contributed by atoms with E-state index >= 15 is 0 Å². The molecule has 0 saturated heterocycles. The summed E-state index contributed by atoms with van der Waals surface area (Å²) < 4.78 is 30.6. The molecule has 9 heteroatoms. The predicted octanol–water partition coefficient (Wildman–Crippen LogP) is 4.43. The van der Waals surface area contributed by atoms with E-state index in [1.807, 2.05) is 6.92 Å². The van der Waals surface area contributed by atoms with Crippen LogP contribution in [0.15, 0.2) is 30.3 Å². The molecule has 0 amide bonds. The van der Waals surface area contributed by atoms with Crippen molar-refractivity contribution < 1.29 is 42.8 Å². The van der Waals surface area contributed by atoms with Crippen LogP contribution < -0.4 is 14.2 Å². The molecule has 0 unspecified atom stereocenters. The number of hydrogen-bond acceptors (Lipinski definition) is 9.